The highest BCUT2D eigenvalue weighted by molar-refractivity contribution is 7.80. The summed E-state index contributed by atoms with van der Waals surface area (Å²) in [5.41, 5.74) is 4.41. The SMILES string of the molecule is CP(C)Cc1ccc2ccc3ccc4ccc(CCS)nc4c3c2n1. The van der Waals surface area contributed by atoms with E-state index in [2.05, 4.69) is 74.5 Å². The van der Waals surface area contributed by atoms with Gasteiger partial charge in [0, 0.05) is 33.7 Å². The van der Waals surface area contributed by atoms with E-state index in [9.17, 15) is 0 Å². The largest absolute Gasteiger partial charge is 0.252 e. The number of benzene rings is 2. The predicted octanol–water partition coefficient (Wildman–Crippen LogP) is 5.65. The van der Waals surface area contributed by atoms with E-state index >= 15 is 0 Å². The molecular formula is C21H21N2PS. The number of aromatic nitrogens is 2. The number of rotatable bonds is 4. The van der Waals surface area contributed by atoms with Crippen LogP contribution >= 0.6 is 20.6 Å². The Kier molecular flexibility index (Phi) is 4.62. The van der Waals surface area contributed by atoms with Crippen LogP contribution in [-0.2, 0) is 12.6 Å². The molecule has 2 aromatic heterocycles. The third-order valence-corrected chi connectivity index (χ3v) is 5.64. The molecule has 0 saturated heterocycles. The number of hydrogen-bond donors (Lipinski definition) is 1. The van der Waals surface area contributed by atoms with E-state index in [0.29, 0.717) is 0 Å². The molecule has 0 amide bonds. The fraction of sp³-hybridized carbons (Fsp3) is 0.238. The Morgan fingerprint density at radius 1 is 0.760 bits per heavy atom. The lowest BCUT2D eigenvalue weighted by molar-refractivity contribution is 1.08. The second-order valence-electron chi connectivity index (χ2n) is 6.69. The van der Waals surface area contributed by atoms with Crippen molar-refractivity contribution in [3.05, 3.63) is 59.9 Å². The molecule has 2 aromatic carbocycles. The minimum Gasteiger partial charge on any atom is -0.252 e. The summed E-state index contributed by atoms with van der Waals surface area (Å²) >= 11 is 4.35. The summed E-state index contributed by atoms with van der Waals surface area (Å²) in [4.78, 5) is 9.98. The molecule has 0 radical (unpaired) electrons. The van der Waals surface area contributed by atoms with Crippen LogP contribution in [0.25, 0.3) is 32.6 Å². The first-order valence-electron chi connectivity index (χ1n) is 8.52. The lowest BCUT2D eigenvalue weighted by Crippen LogP contribution is -1.94. The lowest BCUT2D eigenvalue weighted by Gasteiger charge is -2.10. The molecule has 0 bridgehead atoms. The highest BCUT2D eigenvalue weighted by Crippen LogP contribution is 2.33. The minimum absolute atomic E-state index is 0.00662. The molecule has 2 heterocycles. The average molecular weight is 364 g/mol. The van der Waals surface area contributed by atoms with E-state index in [1.807, 2.05) is 0 Å². The van der Waals surface area contributed by atoms with Crippen LogP contribution in [0.4, 0.5) is 0 Å². The van der Waals surface area contributed by atoms with Gasteiger partial charge < -0.3 is 0 Å². The Morgan fingerprint density at radius 3 is 1.88 bits per heavy atom. The monoisotopic (exact) mass is 364 g/mol. The van der Waals surface area contributed by atoms with Crippen molar-refractivity contribution in [1.82, 2.24) is 9.97 Å². The number of nitrogens with zero attached hydrogens (tertiary/aromatic N) is 2. The lowest BCUT2D eigenvalue weighted by atomic mass is 10.0. The summed E-state index contributed by atoms with van der Waals surface area (Å²) in [6.45, 7) is 4.59. The standard InChI is InChI=1S/C21H21N2PS/c1-24(2)13-18-10-8-16-6-4-14-3-5-15-7-9-17(11-12-25)22-20(15)19(14)21(16)23-18/h3-10,25H,11-13H2,1-2H3. The van der Waals surface area contributed by atoms with Crippen molar-refractivity contribution in [3.8, 4) is 0 Å². The summed E-state index contributed by atoms with van der Waals surface area (Å²) < 4.78 is 0. The van der Waals surface area contributed by atoms with Gasteiger partial charge in [0.25, 0.3) is 0 Å². The molecular weight excluding hydrogens is 343 g/mol. The first-order chi connectivity index (χ1) is 12.2. The Bertz CT molecular complexity index is 1070. The van der Waals surface area contributed by atoms with E-state index in [1.165, 1.54) is 27.2 Å². The number of aryl methyl sites for hydroxylation is 1. The molecule has 126 valence electrons. The molecule has 0 spiro atoms. The van der Waals surface area contributed by atoms with Crippen LogP contribution in [0.15, 0.2) is 48.5 Å². The van der Waals surface area contributed by atoms with Gasteiger partial charge in [-0.15, -0.1) is 7.92 Å². The van der Waals surface area contributed by atoms with Crippen LogP contribution in [0.2, 0.25) is 0 Å². The highest BCUT2D eigenvalue weighted by Gasteiger charge is 2.10. The van der Waals surface area contributed by atoms with Gasteiger partial charge in [0.05, 0.1) is 11.0 Å². The molecule has 0 saturated carbocycles. The van der Waals surface area contributed by atoms with Gasteiger partial charge in [-0.2, -0.15) is 12.6 Å². The van der Waals surface area contributed by atoms with Crippen LogP contribution in [0.1, 0.15) is 11.4 Å². The molecule has 0 atom stereocenters. The molecule has 0 fully saturated rings. The van der Waals surface area contributed by atoms with Crippen molar-refractivity contribution in [1.29, 1.82) is 0 Å². The van der Waals surface area contributed by atoms with Crippen LogP contribution in [0.3, 0.4) is 0 Å². The van der Waals surface area contributed by atoms with Gasteiger partial charge in [0.15, 0.2) is 0 Å². The zero-order valence-corrected chi connectivity index (χ0v) is 16.3. The third-order valence-electron chi connectivity index (χ3n) is 4.46. The van der Waals surface area contributed by atoms with Gasteiger partial charge in [0.1, 0.15) is 0 Å². The maximum absolute atomic E-state index is 5.03. The summed E-state index contributed by atoms with van der Waals surface area (Å²) in [6.07, 6.45) is 1.94. The second kappa shape index (κ2) is 6.90. The van der Waals surface area contributed by atoms with Gasteiger partial charge in [-0.05, 0) is 43.0 Å². The number of thiol groups is 1. The quantitative estimate of drug-likeness (QED) is 0.288. The van der Waals surface area contributed by atoms with E-state index in [0.717, 1.165) is 35.1 Å². The smallest absolute Gasteiger partial charge is 0.0805 e. The summed E-state index contributed by atoms with van der Waals surface area (Å²) in [6, 6.07) is 17.3. The maximum Gasteiger partial charge on any atom is 0.0805 e. The molecule has 0 unspecified atom stereocenters. The van der Waals surface area contributed by atoms with Gasteiger partial charge in [-0.3, -0.25) is 9.97 Å². The highest BCUT2D eigenvalue weighted by atomic mass is 32.1. The van der Waals surface area contributed by atoms with Crippen molar-refractivity contribution in [2.24, 2.45) is 0 Å². The molecule has 4 rings (SSSR count). The first kappa shape index (κ1) is 16.8. The zero-order chi connectivity index (χ0) is 17.4. The van der Waals surface area contributed by atoms with Gasteiger partial charge >= 0.3 is 0 Å². The molecule has 0 aliphatic heterocycles. The van der Waals surface area contributed by atoms with E-state index in [4.69, 9.17) is 9.97 Å². The van der Waals surface area contributed by atoms with E-state index in [1.54, 1.807) is 0 Å². The fourth-order valence-corrected chi connectivity index (χ4v) is 4.38. The van der Waals surface area contributed by atoms with Crippen molar-refractivity contribution in [3.63, 3.8) is 0 Å². The first-order valence-corrected chi connectivity index (χ1v) is 11.6. The molecule has 0 N–H and O–H groups in total. The van der Waals surface area contributed by atoms with E-state index < -0.39 is 0 Å². The number of hydrogen-bond acceptors (Lipinski definition) is 3. The van der Waals surface area contributed by atoms with Crippen molar-refractivity contribution in [2.75, 3.05) is 19.1 Å². The van der Waals surface area contributed by atoms with E-state index in [-0.39, 0.29) is 7.92 Å². The average Bonchev–Trinajstić information content (AvgIpc) is 2.60. The van der Waals surface area contributed by atoms with Gasteiger partial charge in [0.2, 0.25) is 0 Å². The normalized spacial score (nSPS) is 11.8. The number of pyridine rings is 2. The Balaban J connectivity index is 2.06. The summed E-state index contributed by atoms with van der Waals surface area (Å²) in [5.74, 6) is 0.808. The van der Waals surface area contributed by atoms with Crippen LogP contribution in [0.5, 0.6) is 0 Å². The second-order valence-corrected chi connectivity index (χ2v) is 9.61. The van der Waals surface area contributed by atoms with Crippen molar-refractivity contribution in [2.45, 2.75) is 12.6 Å². The summed E-state index contributed by atoms with van der Waals surface area (Å²) in [7, 11) is -0.00662. The Hall–Kier alpha value is -1.70. The summed E-state index contributed by atoms with van der Waals surface area (Å²) in [5, 5.41) is 4.73. The topological polar surface area (TPSA) is 25.8 Å². The molecule has 0 aliphatic rings. The molecule has 2 nitrogen and oxygen atoms in total. The van der Waals surface area contributed by atoms with Gasteiger partial charge in [-0.1, -0.05) is 36.4 Å². The van der Waals surface area contributed by atoms with Crippen molar-refractivity contribution >= 4 is 53.1 Å². The van der Waals surface area contributed by atoms with Crippen LogP contribution < -0.4 is 0 Å². The Morgan fingerprint density at radius 2 is 1.28 bits per heavy atom. The Labute approximate surface area is 154 Å². The van der Waals surface area contributed by atoms with Crippen LogP contribution in [0, 0.1) is 0 Å². The molecule has 4 heteroatoms. The molecule has 0 aliphatic carbocycles. The van der Waals surface area contributed by atoms with Crippen LogP contribution in [-0.4, -0.2) is 29.1 Å². The molecule has 4 aromatic rings. The van der Waals surface area contributed by atoms with Crippen molar-refractivity contribution < 1.29 is 0 Å². The predicted molar refractivity (Wildman–Crippen MR) is 115 cm³/mol. The fourth-order valence-electron chi connectivity index (χ4n) is 3.32. The zero-order valence-electron chi connectivity index (χ0n) is 14.5. The minimum atomic E-state index is -0.00662. The number of fused-ring (bicyclic) bond motifs is 5. The molecule has 25 heavy (non-hydrogen) atoms. The van der Waals surface area contributed by atoms with Gasteiger partial charge in [-0.25, -0.2) is 0 Å². The maximum atomic E-state index is 5.03. The third kappa shape index (κ3) is 3.23.